The van der Waals surface area contributed by atoms with Crippen LogP contribution in [0.15, 0.2) is 71.9 Å². The zero-order valence-electron chi connectivity index (χ0n) is 15.2. The lowest BCUT2D eigenvalue weighted by Gasteiger charge is -2.24. The van der Waals surface area contributed by atoms with Gasteiger partial charge in [0.1, 0.15) is 0 Å². The lowest BCUT2D eigenvalue weighted by molar-refractivity contribution is 0.325. The van der Waals surface area contributed by atoms with Crippen molar-refractivity contribution in [1.82, 2.24) is 4.90 Å². The first-order valence-corrected chi connectivity index (χ1v) is 8.25. The maximum atomic E-state index is 6.28. The van der Waals surface area contributed by atoms with Crippen LogP contribution in [0, 0.1) is 0 Å². The van der Waals surface area contributed by atoms with Crippen molar-refractivity contribution in [2.75, 3.05) is 6.54 Å². The van der Waals surface area contributed by atoms with Crippen LogP contribution in [-0.2, 0) is 0 Å². The van der Waals surface area contributed by atoms with Gasteiger partial charge in [-0.3, -0.25) is 0 Å². The summed E-state index contributed by atoms with van der Waals surface area (Å²) in [5.74, 6) is 0. The summed E-state index contributed by atoms with van der Waals surface area (Å²) in [4.78, 5) is 2.17. The maximum absolute atomic E-state index is 6.28. The van der Waals surface area contributed by atoms with Crippen molar-refractivity contribution >= 4 is 5.57 Å². The average Bonchev–Trinajstić information content (AvgIpc) is 2.58. The van der Waals surface area contributed by atoms with Crippen LogP contribution in [0.1, 0.15) is 33.3 Å². The van der Waals surface area contributed by atoms with E-state index in [0.717, 1.165) is 28.8 Å². The van der Waals surface area contributed by atoms with E-state index in [1.807, 2.05) is 49.5 Å². The Kier molecular flexibility index (Phi) is 7.69. The molecule has 24 heavy (non-hydrogen) atoms. The summed E-state index contributed by atoms with van der Waals surface area (Å²) in [6.45, 7) is 9.23. The average molecular weight is 326 g/mol. The highest BCUT2D eigenvalue weighted by atomic mass is 15.1. The van der Waals surface area contributed by atoms with Crippen molar-refractivity contribution in [1.29, 1.82) is 0 Å². The van der Waals surface area contributed by atoms with Gasteiger partial charge in [-0.05, 0) is 50.5 Å². The highest BCUT2D eigenvalue weighted by Crippen LogP contribution is 2.22. The van der Waals surface area contributed by atoms with Gasteiger partial charge in [0, 0.05) is 36.8 Å². The second-order valence-corrected chi connectivity index (χ2v) is 5.90. The second-order valence-electron chi connectivity index (χ2n) is 5.90. The lowest BCUT2D eigenvalue weighted by Crippen LogP contribution is -2.26. The van der Waals surface area contributed by atoms with Crippen molar-refractivity contribution in [2.45, 2.75) is 33.7 Å². The summed E-state index contributed by atoms with van der Waals surface area (Å²) in [5, 5.41) is 0. The SMILES string of the molecule is CCN(/C=C(N)/C(=C/N)C(/C)=C/C(=C\N)c1ccccc1)C(C)C. The van der Waals surface area contributed by atoms with Gasteiger partial charge in [-0.15, -0.1) is 0 Å². The molecule has 0 heterocycles. The van der Waals surface area contributed by atoms with E-state index < -0.39 is 0 Å². The predicted octanol–water partition coefficient (Wildman–Crippen LogP) is 3.31. The minimum Gasteiger partial charge on any atom is -0.404 e. The fourth-order valence-electron chi connectivity index (χ4n) is 2.48. The van der Waals surface area contributed by atoms with Crippen molar-refractivity contribution in [2.24, 2.45) is 17.2 Å². The third-order valence-corrected chi connectivity index (χ3v) is 3.89. The smallest absolute Gasteiger partial charge is 0.0566 e. The normalized spacial score (nSPS) is 14.2. The van der Waals surface area contributed by atoms with Crippen molar-refractivity contribution < 1.29 is 0 Å². The summed E-state index contributed by atoms with van der Waals surface area (Å²) < 4.78 is 0. The third kappa shape index (κ3) is 5.23. The largest absolute Gasteiger partial charge is 0.404 e. The van der Waals surface area contributed by atoms with E-state index in [1.165, 1.54) is 0 Å². The molecule has 4 heteroatoms. The highest BCUT2D eigenvalue weighted by molar-refractivity contribution is 5.75. The summed E-state index contributed by atoms with van der Waals surface area (Å²) in [6, 6.07) is 10.4. The highest BCUT2D eigenvalue weighted by Gasteiger charge is 2.09. The first kappa shape index (κ1) is 19.4. The summed E-state index contributed by atoms with van der Waals surface area (Å²) in [6.07, 6.45) is 7.10. The van der Waals surface area contributed by atoms with Crippen LogP contribution in [0.3, 0.4) is 0 Å². The van der Waals surface area contributed by atoms with E-state index in [0.29, 0.717) is 11.7 Å². The molecule has 0 atom stereocenters. The summed E-state index contributed by atoms with van der Waals surface area (Å²) >= 11 is 0. The first-order chi connectivity index (χ1) is 11.4. The molecule has 0 aliphatic carbocycles. The molecular weight excluding hydrogens is 296 g/mol. The molecule has 0 unspecified atom stereocenters. The van der Waals surface area contributed by atoms with E-state index in [9.17, 15) is 0 Å². The van der Waals surface area contributed by atoms with Crippen LogP contribution in [0.5, 0.6) is 0 Å². The van der Waals surface area contributed by atoms with Gasteiger partial charge in [0.2, 0.25) is 0 Å². The van der Waals surface area contributed by atoms with Crippen LogP contribution >= 0.6 is 0 Å². The van der Waals surface area contributed by atoms with Crippen molar-refractivity contribution in [3.05, 3.63) is 77.4 Å². The fraction of sp³-hybridized carbons (Fsp3) is 0.300. The minimum absolute atomic E-state index is 0.376. The third-order valence-electron chi connectivity index (χ3n) is 3.89. The van der Waals surface area contributed by atoms with Crippen molar-refractivity contribution in [3.8, 4) is 0 Å². The zero-order valence-corrected chi connectivity index (χ0v) is 15.2. The van der Waals surface area contributed by atoms with Crippen molar-refractivity contribution in [3.63, 3.8) is 0 Å². The molecule has 0 aromatic heterocycles. The fourth-order valence-corrected chi connectivity index (χ4v) is 2.48. The van der Waals surface area contributed by atoms with Crippen LogP contribution in [-0.4, -0.2) is 17.5 Å². The van der Waals surface area contributed by atoms with Crippen LogP contribution in [0.2, 0.25) is 0 Å². The Balaban J connectivity index is 3.13. The molecule has 130 valence electrons. The summed E-state index contributed by atoms with van der Waals surface area (Å²) in [7, 11) is 0. The van der Waals surface area contributed by atoms with Crippen LogP contribution in [0.4, 0.5) is 0 Å². The van der Waals surface area contributed by atoms with E-state index >= 15 is 0 Å². The van der Waals surface area contributed by atoms with Gasteiger partial charge in [-0.2, -0.15) is 0 Å². The zero-order chi connectivity index (χ0) is 18.1. The number of nitrogens with two attached hydrogens (primary N) is 3. The molecular formula is C20H30N4. The number of allylic oxidation sites excluding steroid dienone is 3. The van der Waals surface area contributed by atoms with E-state index in [2.05, 4.69) is 25.7 Å². The molecule has 0 radical (unpaired) electrons. The number of nitrogens with zero attached hydrogens (tertiary/aromatic N) is 1. The quantitative estimate of drug-likeness (QED) is 0.672. The van der Waals surface area contributed by atoms with Crippen LogP contribution in [0.25, 0.3) is 5.57 Å². The Morgan fingerprint density at radius 1 is 1.12 bits per heavy atom. The Hall–Kier alpha value is -2.62. The molecule has 1 aromatic carbocycles. The Morgan fingerprint density at radius 3 is 2.21 bits per heavy atom. The van der Waals surface area contributed by atoms with Crippen LogP contribution < -0.4 is 17.2 Å². The molecule has 6 N–H and O–H groups in total. The second kappa shape index (κ2) is 9.50. The Labute approximate surface area is 146 Å². The van der Waals surface area contributed by atoms with Gasteiger partial charge in [0.05, 0.1) is 5.70 Å². The molecule has 0 bridgehead atoms. The molecule has 4 nitrogen and oxygen atoms in total. The van der Waals surface area contributed by atoms with Gasteiger partial charge in [-0.25, -0.2) is 0 Å². The number of benzene rings is 1. The minimum atomic E-state index is 0.376. The van der Waals surface area contributed by atoms with Gasteiger partial charge in [-0.1, -0.05) is 30.3 Å². The standard InChI is InChI=1S/C20H30N4/c1-5-24(15(2)3)14-20(23)19(13-22)16(4)11-18(12-21)17-9-7-6-8-10-17/h6-15H,5,21-23H2,1-4H3/b16-11+,18-12+,19-13+,20-14-. The molecule has 0 spiro atoms. The van der Waals surface area contributed by atoms with E-state index in [-0.39, 0.29) is 0 Å². The van der Waals surface area contributed by atoms with E-state index in [4.69, 9.17) is 17.2 Å². The first-order valence-electron chi connectivity index (χ1n) is 8.25. The Bertz CT molecular complexity index is 637. The number of hydrogen-bond acceptors (Lipinski definition) is 4. The van der Waals surface area contributed by atoms with Gasteiger partial charge in [0.15, 0.2) is 0 Å². The van der Waals surface area contributed by atoms with E-state index in [1.54, 1.807) is 12.4 Å². The maximum Gasteiger partial charge on any atom is 0.0566 e. The Morgan fingerprint density at radius 2 is 1.75 bits per heavy atom. The van der Waals surface area contributed by atoms with Gasteiger partial charge >= 0.3 is 0 Å². The number of rotatable bonds is 7. The monoisotopic (exact) mass is 326 g/mol. The molecule has 0 saturated heterocycles. The molecule has 1 rings (SSSR count). The predicted molar refractivity (Wildman–Crippen MR) is 104 cm³/mol. The molecule has 0 aliphatic heterocycles. The molecule has 0 amide bonds. The van der Waals surface area contributed by atoms with Gasteiger partial charge < -0.3 is 22.1 Å². The number of hydrogen-bond donors (Lipinski definition) is 3. The topological polar surface area (TPSA) is 81.3 Å². The van der Waals surface area contributed by atoms with Gasteiger partial charge in [0.25, 0.3) is 0 Å². The lowest BCUT2D eigenvalue weighted by atomic mass is 9.99. The molecule has 0 aliphatic rings. The summed E-state index contributed by atoms with van der Waals surface area (Å²) in [5.41, 5.74) is 22.3. The molecule has 1 aromatic rings. The molecule has 0 saturated carbocycles. The molecule has 0 fully saturated rings.